The topological polar surface area (TPSA) is 12.9 Å². The zero-order valence-corrected chi connectivity index (χ0v) is 8.59. The van der Waals surface area contributed by atoms with Gasteiger partial charge in [-0.25, -0.2) is 4.98 Å². The van der Waals surface area contributed by atoms with E-state index in [0.717, 1.165) is 15.8 Å². The Bertz CT molecular complexity index is 436. The van der Waals surface area contributed by atoms with Gasteiger partial charge in [0.05, 0.1) is 5.02 Å². The SMILES string of the molecule is Cc1csc2nc(Cl)cc(Cl)c12. The van der Waals surface area contributed by atoms with Crippen molar-refractivity contribution in [2.45, 2.75) is 6.92 Å². The molecule has 0 fully saturated rings. The predicted octanol–water partition coefficient (Wildman–Crippen LogP) is 3.91. The highest BCUT2D eigenvalue weighted by Crippen LogP contribution is 2.31. The van der Waals surface area contributed by atoms with E-state index in [0.29, 0.717) is 10.2 Å². The Morgan fingerprint density at radius 2 is 2.17 bits per heavy atom. The molecular formula is C8H5Cl2NS. The Hall–Kier alpha value is -0.310. The molecule has 0 saturated carbocycles. The molecule has 0 bridgehead atoms. The maximum absolute atomic E-state index is 5.99. The van der Waals surface area contributed by atoms with Crippen molar-refractivity contribution in [1.82, 2.24) is 4.98 Å². The molecule has 0 aliphatic rings. The van der Waals surface area contributed by atoms with Crippen LogP contribution in [0.4, 0.5) is 0 Å². The zero-order valence-electron chi connectivity index (χ0n) is 6.27. The summed E-state index contributed by atoms with van der Waals surface area (Å²) in [5.41, 5.74) is 1.16. The van der Waals surface area contributed by atoms with Gasteiger partial charge in [-0.2, -0.15) is 0 Å². The molecule has 2 aromatic heterocycles. The third kappa shape index (κ3) is 1.20. The van der Waals surface area contributed by atoms with Gasteiger partial charge in [0.25, 0.3) is 0 Å². The quantitative estimate of drug-likeness (QED) is 0.611. The minimum absolute atomic E-state index is 0.453. The number of aromatic nitrogens is 1. The monoisotopic (exact) mass is 217 g/mol. The number of halogens is 2. The molecule has 2 rings (SSSR count). The lowest BCUT2D eigenvalue weighted by molar-refractivity contribution is 1.43. The highest BCUT2D eigenvalue weighted by atomic mass is 35.5. The Morgan fingerprint density at radius 3 is 2.92 bits per heavy atom. The van der Waals surface area contributed by atoms with Gasteiger partial charge in [0.2, 0.25) is 0 Å². The van der Waals surface area contributed by atoms with Crippen molar-refractivity contribution >= 4 is 44.8 Å². The first kappa shape index (κ1) is 8.30. The summed E-state index contributed by atoms with van der Waals surface area (Å²) in [7, 11) is 0. The van der Waals surface area contributed by atoms with E-state index in [1.54, 1.807) is 17.4 Å². The highest BCUT2D eigenvalue weighted by molar-refractivity contribution is 7.17. The molecule has 0 atom stereocenters. The molecule has 62 valence electrons. The molecule has 0 aliphatic heterocycles. The maximum atomic E-state index is 5.99. The molecule has 0 amide bonds. The van der Waals surface area contributed by atoms with E-state index in [2.05, 4.69) is 4.98 Å². The van der Waals surface area contributed by atoms with Crippen LogP contribution in [0.1, 0.15) is 5.56 Å². The van der Waals surface area contributed by atoms with E-state index in [4.69, 9.17) is 23.2 Å². The lowest BCUT2D eigenvalue weighted by Gasteiger charge is -1.95. The molecule has 1 nitrogen and oxygen atoms in total. The highest BCUT2D eigenvalue weighted by Gasteiger charge is 2.06. The molecule has 0 spiro atoms. The van der Waals surface area contributed by atoms with Gasteiger partial charge in [0.15, 0.2) is 0 Å². The van der Waals surface area contributed by atoms with Gasteiger partial charge in [-0.15, -0.1) is 11.3 Å². The van der Waals surface area contributed by atoms with Crippen molar-refractivity contribution in [2.24, 2.45) is 0 Å². The predicted molar refractivity (Wildman–Crippen MR) is 54.4 cm³/mol. The second-order valence-corrected chi connectivity index (χ2v) is 4.18. The molecule has 0 radical (unpaired) electrons. The van der Waals surface area contributed by atoms with E-state index in [1.807, 2.05) is 12.3 Å². The van der Waals surface area contributed by atoms with Crippen LogP contribution < -0.4 is 0 Å². The Morgan fingerprint density at radius 1 is 1.42 bits per heavy atom. The third-order valence-corrected chi connectivity index (χ3v) is 3.13. The van der Waals surface area contributed by atoms with Crippen LogP contribution in [0, 0.1) is 6.92 Å². The minimum Gasteiger partial charge on any atom is -0.225 e. The summed E-state index contributed by atoms with van der Waals surface area (Å²) in [5.74, 6) is 0. The van der Waals surface area contributed by atoms with Crippen molar-refractivity contribution in [3.05, 3.63) is 27.2 Å². The number of aryl methyl sites for hydroxylation is 1. The van der Waals surface area contributed by atoms with Crippen LogP contribution in [0.15, 0.2) is 11.4 Å². The number of nitrogens with zero attached hydrogens (tertiary/aromatic N) is 1. The summed E-state index contributed by atoms with van der Waals surface area (Å²) in [6, 6.07) is 1.67. The van der Waals surface area contributed by atoms with E-state index < -0.39 is 0 Å². The van der Waals surface area contributed by atoms with Crippen LogP contribution in [0.3, 0.4) is 0 Å². The Kier molecular flexibility index (Phi) is 1.99. The van der Waals surface area contributed by atoms with Crippen molar-refractivity contribution in [2.75, 3.05) is 0 Å². The van der Waals surface area contributed by atoms with E-state index >= 15 is 0 Å². The summed E-state index contributed by atoms with van der Waals surface area (Å²) in [6.07, 6.45) is 0. The molecule has 2 aromatic rings. The van der Waals surface area contributed by atoms with Gasteiger partial charge >= 0.3 is 0 Å². The van der Waals surface area contributed by atoms with Crippen molar-refractivity contribution in [3.8, 4) is 0 Å². The number of hydrogen-bond acceptors (Lipinski definition) is 2. The largest absolute Gasteiger partial charge is 0.225 e. The van der Waals surface area contributed by atoms with Gasteiger partial charge in [-0.1, -0.05) is 23.2 Å². The van der Waals surface area contributed by atoms with E-state index in [-0.39, 0.29) is 0 Å². The third-order valence-electron chi connectivity index (χ3n) is 1.65. The molecular weight excluding hydrogens is 213 g/mol. The number of fused-ring (bicyclic) bond motifs is 1. The average molecular weight is 218 g/mol. The number of hydrogen-bond donors (Lipinski definition) is 0. The fourth-order valence-electron chi connectivity index (χ4n) is 1.11. The summed E-state index contributed by atoms with van der Waals surface area (Å²) in [5, 5.41) is 4.18. The molecule has 0 saturated heterocycles. The lowest BCUT2D eigenvalue weighted by atomic mass is 10.2. The van der Waals surface area contributed by atoms with Crippen molar-refractivity contribution in [3.63, 3.8) is 0 Å². The maximum Gasteiger partial charge on any atom is 0.132 e. The molecule has 0 N–H and O–H groups in total. The standard InChI is InChI=1S/C8H5Cl2NS/c1-4-3-12-8-7(4)5(9)2-6(10)11-8/h2-3H,1H3. The minimum atomic E-state index is 0.453. The van der Waals surface area contributed by atoms with Crippen LogP contribution in [0.5, 0.6) is 0 Å². The van der Waals surface area contributed by atoms with Gasteiger partial charge in [0, 0.05) is 5.39 Å². The number of thiophene rings is 1. The molecule has 0 unspecified atom stereocenters. The fourth-order valence-corrected chi connectivity index (χ4v) is 2.75. The van der Waals surface area contributed by atoms with E-state index in [9.17, 15) is 0 Å². The second kappa shape index (κ2) is 2.87. The number of rotatable bonds is 0. The first-order chi connectivity index (χ1) is 5.68. The molecule has 0 aromatic carbocycles. The normalized spacial score (nSPS) is 10.9. The Balaban J connectivity index is 2.93. The average Bonchev–Trinajstić information content (AvgIpc) is 2.31. The molecule has 12 heavy (non-hydrogen) atoms. The molecule has 0 aliphatic carbocycles. The second-order valence-electron chi connectivity index (χ2n) is 2.53. The lowest BCUT2D eigenvalue weighted by Crippen LogP contribution is -1.76. The van der Waals surface area contributed by atoms with Crippen LogP contribution >= 0.6 is 34.5 Å². The van der Waals surface area contributed by atoms with Crippen LogP contribution in [0.25, 0.3) is 10.2 Å². The van der Waals surface area contributed by atoms with Crippen LogP contribution in [0.2, 0.25) is 10.2 Å². The smallest absolute Gasteiger partial charge is 0.132 e. The summed E-state index contributed by atoms with van der Waals surface area (Å²) in [4.78, 5) is 5.06. The van der Waals surface area contributed by atoms with Gasteiger partial charge in [0.1, 0.15) is 9.98 Å². The summed E-state index contributed by atoms with van der Waals surface area (Å²) < 4.78 is 0. The van der Waals surface area contributed by atoms with Gasteiger partial charge in [-0.05, 0) is 23.9 Å². The van der Waals surface area contributed by atoms with Crippen molar-refractivity contribution < 1.29 is 0 Å². The first-order valence-corrected chi connectivity index (χ1v) is 5.02. The molecule has 4 heteroatoms. The number of pyridine rings is 1. The van der Waals surface area contributed by atoms with Crippen LogP contribution in [-0.4, -0.2) is 4.98 Å². The zero-order chi connectivity index (χ0) is 8.72. The van der Waals surface area contributed by atoms with Gasteiger partial charge in [-0.3, -0.25) is 0 Å². The van der Waals surface area contributed by atoms with Gasteiger partial charge < -0.3 is 0 Å². The Labute approximate surface area is 83.9 Å². The van der Waals surface area contributed by atoms with E-state index in [1.165, 1.54) is 0 Å². The summed E-state index contributed by atoms with van der Waals surface area (Å²) >= 11 is 13.3. The fraction of sp³-hybridized carbons (Fsp3) is 0.125. The van der Waals surface area contributed by atoms with Crippen LogP contribution in [-0.2, 0) is 0 Å². The molecule has 2 heterocycles. The van der Waals surface area contributed by atoms with Crippen molar-refractivity contribution in [1.29, 1.82) is 0 Å². The summed E-state index contributed by atoms with van der Waals surface area (Å²) in [6.45, 7) is 2.01. The first-order valence-electron chi connectivity index (χ1n) is 3.38.